The maximum absolute atomic E-state index is 11.9. The molecule has 0 aromatic carbocycles. The lowest BCUT2D eigenvalue weighted by molar-refractivity contribution is 0.0337. The number of ether oxygens (including phenoxy) is 4. The highest BCUT2D eigenvalue weighted by molar-refractivity contribution is 7.10. The van der Waals surface area contributed by atoms with Crippen molar-refractivity contribution in [1.29, 1.82) is 0 Å². The fraction of sp³-hybridized carbons (Fsp3) is 0.706. The highest BCUT2D eigenvalue weighted by atomic mass is 32.1. The molecule has 50 heavy (non-hydrogen) atoms. The van der Waals surface area contributed by atoms with Crippen LogP contribution in [0, 0.1) is 11.8 Å². The third-order valence-electron chi connectivity index (χ3n) is 7.73. The number of aromatic nitrogens is 2. The Morgan fingerprint density at radius 1 is 0.740 bits per heavy atom. The van der Waals surface area contributed by atoms with Gasteiger partial charge in [0.2, 0.25) is 0 Å². The molecule has 278 valence electrons. The Kier molecular flexibility index (Phi) is 23.2. The molecular weight excluding hydrogens is 678 g/mol. The predicted octanol–water partition coefficient (Wildman–Crippen LogP) is 5.89. The summed E-state index contributed by atoms with van der Waals surface area (Å²) in [6, 6.07) is 0.272. The van der Waals surface area contributed by atoms with Gasteiger partial charge in [-0.25, -0.2) is 19.6 Å². The molecule has 0 aliphatic rings. The molecule has 0 amide bonds. The Morgan fingerprint density at radius 3 is 1.54 bits per heavy atom. The van der Waals surface area contributed by atoms with Crippen molar-refractivity contribution in [3.63, 3.8) is 0 Å². The van der Waals surface area contributed by atoms with Crippen molar-refractivity contribution >= 4 is 61.8 Å². The van der Waals surface area contributed by atoms with Crippen LogP contribution in [-0.4, -0.2) is 111 Å². The Hall–Kier alpha value is -2.49. The summed E-state index contributed by atoms with van der Waals surface area (Å²) in [6.07, 6.45) is 3.51. The first-order valence-corrected chi connectivity index (χ1v) is 19.2. The van der Waals surface area contributed by atoms with Crippen LogP contribution in [-0.2, 0) is 28.5 Å². The average Bonchev–Trinajstić information content (AvgIpc) is 3.77. The molecule has 2 aromatic heterocycles. The second-order valence-electron chi connectivity index (χ2n) is 12.0. The van der Waals surface area contributed by atoms with Crippen molar-refractivity contribution in [3.05, 3.63) is 32.2 Å². The van der Waals surface area contributed by atoms with Gasteiger partial charge < -0.3 is 38.2 Å². The van der Waals surface area contributed by atoms with E-state index in [4.69, 9.17) is 18.9 Å². The molecule has 0 spiro atoms. The first-order valence-electron chi connectivity index (χ1n) is 17.5. The van der Waals surface area contributed by atoms with Crippen LogP contribution >= 0.6 is 22.7 Å². The Labute approximate surface area is 308 Å². The Bertz CT molecular complexity index is 1270. The van der Waals surface area contributed by atoms with Gasteiger partial charge in [-0.15, -0.1) is 22.7 Å². The maximum Gasteiger partial charge on any atom is 0.357 e. The molecule has 2 radical (unpaired) electrons. The largest absolute Gasteiger partial charge is 0.461 e. The smallest absolute Gasteiger partial charge is 0.357 e. The van der Waals surface area contributed by atoms with Crippen LogP contribution in [0.2, 0.25) is 0 Å². The van der Waals surface area contributed by atoms with E-state index in [9.17, 15) is 19.2 Å². The molecule has 12 nitrogen and oxygen atoms in total. The SMILES string of the molecule is CCCN([B]C=O)[C@@H](C[C@@H](OCC)c1nc(C(=O)OCC)cs1)C(C)C.CCOC(=O)c1csc([C@@H](C[C@@H](C(C)C)N(C)[B]C=O)OCC)n1. The minimum Gasteiger partial charge on any atom is -0.461 e. The number of hydrogen-bond acceptors (Lipinski definition) is 14. The van der Waals surface area contributed by atoms with Gasteiger partial charge in [-0.2, -0.15) is 0 Å². The fourth-order valence-electron chi connectivity index (χ4n) is 5.38. The quantitative estimate of drug-likeness (QED) is 0.0723. The van der Waals surface area contributed by atoms with E-state index in [1.165, 1.54) is 30.1 Å². The molecular formula is C34H56B2N4O8S2. The molecule has 0 unspecified atom stereocenters. The summed E-state index contributed by atoms with van der Waals surface area (Å²) < 4.78 is 21.8. The van der Waals surface area contributed by atoms with Crippen molar-refractivity contribution < 1.29 is 38.1 Å². The van der Waals surface area contributed by atoms with Crippen molar-refractivity contribution in [1.82, 2.24) is 19.6 Å². The molecule has 0 saturated carbocycles. The standard InChI is InChI=1S/C18H30BN2O4S.C16H26BN2O4S/c1-6-9-21(19-12-22)15(13(4)5)10-16(24-7-2)17-20-14(11-26-17)18(23)25-8-3;1-6-22-14(8-13(11(3)4)19(5)17-10-20)15-18-12(9-24-15)16(21)23-7-2/h11-13,15-16H,6-10H2,1-5H3;9-11,13-14H,6-8H2,1-5H3/t15-,16+;13-,14+/m00/s1. The summed E-state index contributed by atoms with van der Waals surface area (Å²) in [5, 5.41) is 4.93. The van der Waals surface area contributed by atoms with E-state index < -0.39 is 11.9 Å². The van der Waals surface area contributed by atoms with Gasteiger partial charge in [0.1, 0.15) is 22.2 Å². The zero-order chi connectivity index (χ0) is 37.6. The minimum atomic E-state index is -0.415. The van der Waals surface area contributed by atoms with Crippen LogP contribution in [0.15, 0.2) is 10.8 Å². The first-order chi connectivity index (χ1) is 23.9. The Morgan fingerprint density at radius 2 is 1.18 bits per heavy atom. The Balaban J connectivity index is 0.000000502. The summed E-state index contributed by atoms with van der Waals surface area (Å²) >= 11 is 2.80. The zero-order valence-electron chi connectivity index (χ0n) is 31.5. The van der Waals surface area contributed by atoms with Crippen LogP contribution in [0.5, 0.6) is 0 Å². The van der Waals surface area contributed by atoms with Crippen LogP contribution in [0.3, 0.4) is 0 Å². The molecule has 0 N–H and O–H groups in total. The third-order valence-corrected chi connectivity index (χ3v) is 9.60. The second-order valence-corrected chi connectivity index (χ2v) is 13.8. The number of rotatable bonds is 24. The topological polar surface area (TPSA) is 137 Å². The van der Waals surface area contributed by atoms with Gasteiger partial charge >= 0.3 is 11.9 Å². The molecule has 2 heterocycles. The number of carbonyl (C=O) groups excluding carboxylic acids is 4. The van der Waals surface area contributed by atoms with Crippen LogP contribution in [0.1, 0.15) is 125 Å². The van der Waals surface area contributed by atoms with E-state index in [2.05, 4.69) is 49.4 Å². The van der Waals surface area contributed by atoms with Crippen LogP contribution < -0.4 is 0 Å². The fourth-order valence-corrected chi connectivity index (χ4v) is 7.08. The van der Waals surface area contributed by atoms with E-state index in [1.54, 1.807) is 32.0 Å². The molecule has 0 aliphatic carbocycles. The second kappa shape index (κ2) is 25.5. The van der Waals surface area contributed by atoms with Crippen molar-refractivity contribution in [3.8, 4) is 0 Å². The number of thiazole rings is 2. The molecule has 0 fully saturated rings. The number of esters is 2. The summed E-state index contributed by atoms with van der Waals surface area (Å²) in [5.41, 5.74) is 0.637. The highest BCUT2D eigenvalue weighted by Gasteiger charge is 2.29. The molecule has 0 bridgehead atoms. The number of hydrogen-bond donors (Lipinski definition) is 0. The summed E-state index contributed by atoms with van der Waals surface area (Å²) in [6.45, 7) is 20.5. The van der Waals surface area contributed by atoms with E-state index in [1.807, 2.05) is 25.7 Å². The van der Waals surface area contributed by atoms with E-state index >= 15 is 0 Å². The normalized spacial score (nSPS) is 13.7. The minimum absolute atomic E-state index is 0.127. The summed E-state index contributed by atoms with van der Waals surface area (Å²) in [5.74, 6) is -0.154. The molecule has 0 saturated heterocycles. The summed E-state index contributed by atoms with van der Waals surface area (Å²) in [7, 11) is 5.02. The van der Waals surface area contributed by atoms with Gasteiger partial charge in [0.05, 0.1) is 25.6 Å². The lowest BCUT2D eigenvalue weighted by atomic mass is 9.85. The maximum atomic E-state index is 11.9. The third kappa shape index (κ3) is 15.4. The van der Waals surface area contributed by atoms with Crippen molar-refractivity contribution in [2.75, 3.05) is 40.0 Å². The van der Waals surface area contributed by atoms with Gasteiger partial charge in [0, 0.05) is 36.1 Å². The molecule has 2 aromatic rings. The van der Waals surface area contributed by atoms with E-state index in [-0.39, 0.29) is 24.3 Å². The summed E-state index contributed by atoms with van der Waals surface area (Å²) in [4.78, 5) is 58.3. The highest BCUT2D eigenvalue weighted by Crippen LogP contribution is 2.31. The van der Waals surface area contributed by atoms with Gasteiger partial charge in [0.15, 0.2) is 11.4 Å². The monoisotopic (exact) mass is 734 g/mol. The molecule has 16 heteroatoms. The van der Waals surface area contributed by atoms with Crippen LogP contribution in [0.4, 0.5) is 0 Å². The first kappa shape index (κ1) is 45.5. The number of carbonyl (C=O) groups is 4. The van der Waals surface area contributed by atoms with Gasteiger partial charge in [-0.05, 0) is 72.4 Å². The predicted molar refractivity (Wildman–Crippen MR) is 201 cm³/mol. The molecule has 2 rings (SSSR count). The van der Waals surface area contributed by atoms with Gasteiger partial charge in [0.25, 0.3) is 14.8 Å². The average molecular weight is 735 g/mol. The van der Waals surface area contributed by atoms with E-state index in [0.717, 1.165) is 35.4 Å². The molecule has 4 atom stereocenters. The lowest BCUT2D eigenvalue weighted by Crippen LogP contribution is -2.43. The van der Waals surface area contributed by atoms with Gasteiger partial charge in [-0.1, -0.05) is 34.6 Å². The van der Waals surface area contributed by atoms with Gasteiger partial charge in [-0.3, -0.25) is 0 Å². The van der Waals surface area contributed by atoms with Crippen molar-refractivity contribution in [2.24, 2.45) is 11.8 Å². The number of nitrogens with zero attached hydrogens (tertiary/aromatic N) is 4. The zero-order valence-corrected chi connectivity index (χ0v) is 33.1. The van der Waals surface area contributed by atoms with E-state index in [0.29, 0.717) is 62.5 Å². The van der Waals surface area contributed by atoms with Crippen LogP contribution in [0.25, 0.3) is 0 Å². The van der Waals surface area contributed by atoms with Crippen molar-refractivity contribution in [2.45, 2.75) is 106 Å². The lowest BCUT2D eigenvalue weighted by Gasteiger charge is -2.35. The molecule has 0 aliphatic heterocycles.